The number of anilines is 1. The Bertz CT molecular complexity index is 919. The van der Waals surface area contributed by atoms with Crippen LogP contribution >= 0.6 is 0 Å². The van der Waals surface area contributed by atoms with Crippen LogP contribution in [0, 0.1) is 6.92 Å². The summed E-state index contributed by atoms with van der Waals surface area (Å²) in [7, 11) is 0. The molecule has 1 amide bonds. The van der Waals surface area contributed by atoms with Crippen LogP contribution in [0.2, 0.25) is 0 Å². The molecule has 0 aliphatic rings. The molecule has 124 valence electrons. The molecule has 0 atom stereocenters. The summed E-state index contributed by atoms with van der Waals surface area (Å²) in [6, 6.07) is 14.2. The van der Waals surface area contributed by atoms with Gasteiger partial charge in [-0.15, -0.1) is 0 Å². The first-order valence-electron chi connectivity index (χ1n) is 7.85. The monoisotopic (exact) mass is 331 g/mol. The second-order valence-electron chi connectivity index (χ2n) is 5.69. The van der Waals surface area contributed by atoms with Gasteiger partial charge in [0.05, 0.1) is 0 Å². The van der Waals surface area contributed by atoms with Crippen molar-refractivity contribution >= 4 is 17.4 Å². The largest absolute Gasteiger partial charge is 0.322 e. The van der Waals surface area contributed by atoms with E-state index in [0.29, 0.717) is 22.6 Å². The molecule has 1 N–H and O–H groups in total. The Balaban J connectivity index is 1.77. The second kappa shape index (κ2) is 7.05. The predicted molar refractivity (Wildman–Crippen MR) is 96.6 cm³/mol. The number of carbonyl (C=O) groups excluding carboxylic acids is 2. The fourth-order valence-electron chi connectivity index (χ4n) is 2.50. The number of hydrogen-bond donors (Lipinski definition) is 1. The number of ketones is 1. The number of nitrogens with one attached hydrogen (secondary N) is 1. The lowest BCUT2D eigenvalue weighted by atomic mass is 10.0. The van der Waals surface area contributed by atoms with Gasteiger partial charge in [0.1, 0.15) is 0 Å². The minimum atomic E-state index is -0.258. The van der Waals surface area contributed by atoms with Crippen molar-refractivity contribution in [2.45, 2.75) is 13.8 Å². The molecule has 0 aliphatic heterocycles. The maximum atomic E-state index is 12.4. The molecule has 3 aromatic rings. The Kier molecular flexibility index (Phi) is 4.66. The zero-order valence-electron chi connectivity index (χ0n) is 14.0. The highest BCUT2D eigenvalue weighted by Gasteiger charge is 2.11. The van der Waals surface area contributed by atoms with Crippen molar-refractivity contribution < 1.29 is 9.59 Å². The van der Waals surface area contributed by atoms with Crippen LogP contribution in [0.25, 0.3) is 11.4 Å². The van der Waals surface area contributed by atoms with Crippen LogP contribution in [0.4, 0.5) is 5.69 Å². The van der Waals surface area contributed by atoms with Crippen LogP contribution in [0.3, 0.4) is 0 Å². The Morgan fingerprint density at radius 1 is 0.960 bits per heavy atom. The van der Waals surface area contributed by atoms with Gasteiger partial charge < -0.3 is 5.32 Å². The van der Waals surface area contributed by atoms with E-state index in [-0.39, 0.29) is 11.7 Å². The molecular formula is C20H17N3O2. The summed E-state index contributed by atoms with van der Waals surface area (Å²) < 4.78 is 0. The number of amides is 1. The number of aryl methyl sites for hydroxylation is 1. The van der Waals surface area contributed by atoms with Gasteiger partial charge in [-0.25, -0.2) is 9.97 Å². The van der Waals surface area contributed by atoms with Crippen molar-refractivity contribution in [3.63, 3.8) is 0 Å². The van der Waals surface area contributed by atoms with Crippen molar-refractivity contribution in [2.24, 2.45) is 0 Å². The molecule has 0 unspecified atom stereocenters. The van der Waals surface area contributed by atoms with Crippen LogP contribution in [0.1, 0.15) is 33.2 Å². The van der Waals surface area contributed by atoms with Gasteiger partial charge in [-0.1, -0.05) is 6.07 Å². The summed E-state index contributed by atoms with van der Waals surface area (Å²) in [5.74, 6) is 0.315. The fraction of sp³-hybridized carbons (Fsp3) is 0.100. The second-order valence-corrected chi connectivity index (χ2v) is 5.69. The SMILES string of the molecule is CC(=O)c1cc(C(=O)Nc2ccc(-c3ncccn3)cc2)ccc1C. The molecule has 0 aliphatic carbocycles. The maximum absolute atomic E-state index is 12.4. The normalized spacial score (nSPS) is 10.3. The third kappa shape index (κ3) is 3.77. The van der Waals surface area contributed by atoms with E-state index in [1.165, 1.54) is 6.92 Å². The molecule has 1 aromatic heterocycles. The van der Waals surface area contributed by atoms with Crippen molar-refractivity contribution in [3.05, 3.63) is 77.6 Å². The lowest BCUT2D eigenvalue weighted by Gasteiger charge is -2.08. The van der Waals surface area contributed by atoms with E-state index in [1.54, 1.807) is 48.8 Å². The number of hydrogen-bond acceptors (Lipinski definition) is 4. The Morgan fingerprint density at radius 2 is 1.64 bits per heavy atom. The number of rotatable bonds is 4. The molecule has 0 bridgehead atoms. The summed E-state index contributed by atoms with van der Waals surface area (Å²) in [6.45, 7) is 3.34. The third-order valence-corrected chi connectivity index (χ3v) is 3.85. The predicted octanol–water partition coefficient (Wildman–Crippen LogP) is 3.91. The highest BCUT2D eigenvalue weighted by atomic mass is 16.1. The highest BCUT2D eigenvalue weighted by molar-refractivity contribution is 6.06. The van der Waals surface area contributed by atoms with E-state index in [0.717, 1.165) is 11.1 Å². The number of aromatic nitrogens is 2. The molecule has 5 heteroatoms. The topological polar surface area (TPSA) is 72.0 Å². The Labute approximate surface area is 145 Å². The number of carbonyl (C=O) groups is 2. The van der Waals surface area contributed by atoms with Crippen LogP contribution in [0.5, 0.6) is 0 Å². The number of Topliss-reactive ketones (excluding diaryl/α,β-unsaturated/α-hetero) is 1. The summed E-state index contributed by atoms with van der Waals surface area (Å²) in [4.78, 5) is 32.4. The highest BCUT2D eigenvalue weighted by Crippen LogP contribution is 2.19. The van der Waals surface area contributed by atoms with Gasteiger partial charge in [0.15, 0.2) is 11.6 Å². The molecule has 25 heavy (non-hydrogen) atoms. The van der Waals surface area contributed by atoms with Crippen LogP contribution in [0.15, 0.2) is 60.9 Å². The van der Waals surface area contributed by atoms with Gasteiger partial charge in [-0.3, -0.25) is 9.59 Å². The maximum Gasteiger partial charge on any atom is 0.255 e. The average Bonchev–Trinajstić information content (AvgIpc) is 2.63. The van der Waals surface area contributed by atoms with Crippen molar-refractivity contribution in [2.75, 3.05) is 5.32 Å². The standard InChI is InChI=1S/C20H17N3O2/c1-13-4-5-16(12-18(13)14(2)24)20(25)23-17-8-6-15(7-9-17)19-21-10-3-11-22-19/h3-12H,1-2H3,(H,23,25). The quantitative estimate of drug-likeness (QED) is 0.736. The molecule has 0 fully saturated rings. The first-order chi connectivity index (χ1) is 12.0. The summed E-state index contributed by atoms with van der Waals surface area (Å²) in [5, 5.41) is 2.83. The molecule has 0 radical (unpaired) electrons. The first kappa shape index (κ1) is 16.5. The van der Waals surface area contributed by atoms with Crippen LogP contribution in [-0.2, 0) is 0 Å². The van der Waals surface area contributed by atoms with Gasteiger partial charge >= 0.3 is 0 Å². The molecular weight excluding hydrogens is 314 g/mol. The Morgan fingerprint density at radius 3 is 2.28 bits per heavy atom. The lowest BCUT2D eigenvalue weighted by molar-refractivity contribution is 0.101. The van der Waals surface area contributed by atoms with Crippen molar-refractivity contribution in [1.82, 2.24) is 9.97 Å². The molecule has 5 nitrogen and oxygen atoms in total. The average molecular weight is 331 g/mol. The van der Waals surface area contributed by atoms with Gasteiger partial charge in [-0.2, -0.15) is 0 Å². The van der Waals surface area contributed by atoms with Crippen molar-refractivity contribution in [1.29, 1.82) is 0 Å². The van der Waals surface area contributed by atoms with Crippen LogP contribution in [-0.4, -0.2) is 21.7 Å². The molecule has 0 saturated heterocycles. The number of nitrogens with zero attached hydrogens (tertiary/aromatic N) is 2. The van der Waals surface area contributed by atoms with Crippen LogP contribution < -0.4 is 5.32 Å². The van der Waals surface area contributed by atoms with E-state index in [4.69, 9.17) is 0 Å². The summed E-state index contributed by atoms with van der Waals surface area (Å²) in [5.41, 5.74) is 3.40. The van der Waals surface area contributed by atoms with Gasteiger partial charge in [-0.05, 0) is 61.9 Å². The van der Waals surface area contributed by atoms with E-state index in [9.17, 15) is 9.59 Å². The molecule has 1 heterocycles. The number of benzene rings is 2. The van der Waals surface area contributed by atoms with Gasteiger partial charge in [0, 0.05) is 34.8 Å². The molecule has 0 saturated carbocycles. The van der Waals surface area contributed by atoms with Gasteiger partial charge in [0.2, 0.25) is 0 Å². The van der Waals surface area contributed by atoms with Gasteiger partial charge in [0.25, 0.3) is 5.91 Å². The van der Waals surface area contributed by atoms with E-state index in [1.807, 2.05) is 19.1 Å². The van der Waals surface area contributed by atoms with E-state index < -0.39 is 0 Å². The molecule has 0 spiro atoms. The zero-order valence-corrected chi connectivity index (χ0v) is 14.0. The van der Waals surface area contributed by atoms with Crippen molar-refractivity contribution in [3.8, 4) is 11.4 Å². The minimum absolute atomic E-state index is 0.0561. The summed E-state index contributed by atoms with van der Waals surface area (Å²) in [6.07, 6.45) is 3.37. The molecule has 2 aromatic carbocycles. The minimum Gasteiger partial charge on any atom is -0.322 e. The van der Waals surface area contributed by atoms with E-state index in [2.05, 4.69) is 15.3 Å². The Hall–Kier alpha value is -3.34. The smallest absolute Gasteiger partial charge is 0.255 e. The lowest BCUT2D eigenvalue weighted by Crippen LogP contribution is -2.13. The van der Waals surface area contributed by atoms with E-state index >= 15 is 0 Å². The first-order valence-corrected chi connectivity index (χ1v) is 7.85. The fourth-order valence-corrected chi connectivity index (χ4v) is 2.50. The zero-order chi connectivity index (χ0) is 17.8. The third-order valence-electron chi connectivity index (χ3n) is 3.85. The summed E-state index contributed by atoms with van der Waals surface area (Å²) >= 11 is 0. The molecule has 3 rings (SSSR count).